The molecule has 0 amide bonds. The van der Waals surface area contributed by atoms with E-state index < -0.39 is 0 Å². The van der Waals surface area contributed by atoms with E-state index in [1.165, 1.54) is 31.4 Å². The highest BCUT2D eigenvalue weighted by Gasteiger charge is 2.35. The second-order valence-corrected chi connectivity index (χ2v) is 6.82. The van der Waals surface area contributed by atoms with Crippen molar-refractivity contribution in [1.82, 2.24) is 9.78 Å². The summed E-state index contributed by atoms with van der Waals surface area (Å²) in [4.78, 5) is 0. The van der Waals surface area contributed by atoms with Gasteiger partial charge in [-0.05, 0) is 50.5 Å². The molecule has 1 aliphatic rings. The van der Waals surface area contributed by atoms with Gasteiger partial charge in [-0.2, -0.15) is 5.10 Å². The van der Waals surface area contributed by atoms with Crippen LogP contribution < -0.4 is 5.73 Å². The lowest BCUT2D eigenvalue weighted by atomic mass is 9.68. The quantitative estimate of drug-likeness (QED) is 0.898. The summed E-state index contributed by atoms with van der Waals surface area (Å²) in [5.74, 6) is 0.840. The Morgan fingerprint density at radius 1 is 1.35 bits per heavy atom. The van der Waals surface area contributed by atoms with Crippen LogP contribution in [0.25, 0.3) is 0 Å². The normalized spacial score (nSPS) is 26.9. The topological polar surface area (TPSA) is 43.8 Å². The van der Waals surface area contributed by atoms with Gasteiger partial charge in [0.15, 0.2) is 0 Å². The molecule has 4 heteroatoms. The van der Waals surface area contributed by atoms with Gasteiger partial charge in [0.05, 0.1) is 16.4 Å². The van der Waals surface area contributed by atoms with E-state index in [0.29, 0.717) is 0 Å². The number of hydrogen-bond acceptors (Lipinski definition) is 2. The van der Waals surface area contributed by atoms with Crippen LogP contribution in [0, 0.1) is 11.3 Å². The molecule has 1 fully saturated rings. The maximum Gasteiger partial charge on any atom is 0.0850 e. The van der Waals surface area contributed by atoms with Gasteiger partial charge in [0.2, 0.25) is 0 Å². The molecular weight excluding hydrogens is 270 g/mol. The zero-order valence-corrected chi connectivity index (χ0v) is 13.8. The number of aryl methyl sites for hydroxylation is 2. The maximum atomic E-state index is 6.55. The minimum absolute atomic E-state index is 0.230. The summed E-state index contributed by atoms with van der Waals surface area (Å²) in [7, 11) is 0. The summed E-state index contributed by atoms with van der Waals surface area (Å²) in [6.45, 7) is 8.22. The van der Waals surface area contributed by atoms with Gasteiger partial charge in [-0.3, -0.25) is 4.68 Å². The van der Waals surface area contributed by atoms with Crippen molar-refractivity contribution in [2.45, 2.75) is 65.8 Å². The summed E-state index contributed by atoms with van der Waals surface area (Å²) in [6, 6.07) is 0. The molecule has 0 radical (unpaired) electrons. The zero-order chi connectivity index (χ0) is 14.8. The van der Waals surface area contributed by atoms with Gasteiger partial charge >= 0.3 is 0 Å². The molecule has 2 rings (SSSR count). The van der Waals surface area contributed by atoms with Crippen LogP contribution in [0.1, 0.15) is 57.8 Å². The van der Waals surface area contributed by atoms with Crippen LogP contribution in [0.4, 0.5) is 0 Å². The zero-order valence-electron chi connectivity index (χ0n) is 13.1. The van der Waals surface area contributed by atoms with Gasteiger partial charge in [-0.1, -0.05) is 38.3 Å². The Kier molecular flexibility index (Phi) is 5.14. The Morgan fingerprint density at radius 2 is 2.00 bits per heavy atom. The van der Waals surface area contributed by atoms with Crippen LogP contribution in [-0.4, -0.2) is 16.3 Å². The predicted octanol–water partition coefficient (Wildman–Crippen LogP) is 3.82. The molecule has 0 aromatic carbocycles. The second-order valence-electron chi connectivity index (χ2n) is 6.44. The lowest BCUT2D eigenvalue weighted by Crippen LogP contribution is -2.37. The Bertz CT molecular complexity index is 445. The Morgan fingerprint density at radius 3 is 2.50 bits per heavy atom. The van der Waals surface area contributed by atoms with Gasteiger partial charge < -0.3 is 5.73 Å². The van der Waals surface area contributed by atoms with Gasteiger partial charge in [0.25, 0.3) is 0 Å². The number of nitrogens with zero attached hydrogens (tertiary/aromatic N) is 2. The third kappa shape index (κ3) is 3.04. The van der Waals surface area contributed by atoms with Gasteiger partial charge in [-0.15, -0.1) is 0 Å². The van der Waals surface area contributed by atoms with E-state index in [1.54, 1.807) is 0 Å². The molecule has 0 aliphatic heterocycles. The summed E-state index contributed by atoms with van der Waals surface area (Å²) < 4.78 is 2.08. The van der Waals surface area contributed by atoms with E-state index in [9.17, 15) is 0 Å². The highest BCUT2D eigenvalue weighted by Crippen LogP contribution is 2.42. The number of hydrogen-bond donors (Lipinski definition) is 1. The van der Waals surface area contributed by atoms with E-state index in [2.05, 4.69) is 30.6 Å². The number of aromatic nitrogens is 2. The SMILES string of the molecule is CCc1nn(CC)c(CC2(CN)CCC(C)CC2)c1Cl. The fraction of sp³-hybridized carbons (Fsp3) is 0.812. The van der Waals surface area contributed by atoms with Crippen LogP contribution in [0.15, 0.2) is 0 Å². The summed E-state index contributed by atoms with van der Waals surface area (Å²) in [5, 5.41) is 5.51. The highest BCUT2D eigenvalue weighted by atomic mass is 35.5. The first-order chi connectivity index (χ1) is 9.55. The fourth-order valence-corrected chi connectivity index (χ4v) is 3.70. The van der Waals surface area contributed by atoms with Crippen LogP contribution in [-0.2, 0) is 19.4 Å². The summed E-state index contributed by atoms with van der Waals surface area (Å²) in [6.07, 6.45) is 6.89. The van der Waals surface area contributed by atoms with E-state index in [0.717, 1.165) is 42.6 Å². The molecule has 1 aromatic heterocycles. The lowest BCUT2D eigenvalue weighted by Gasteiger charge is -2.38. The van der Waals surface area contributed by atoms with E-state index in [-0.39, 0.29) is 5.41 Å². The smallest absolute Gasteiger partial charge is 0.0850 e. The first kappa shape index (κ1) is 15.8. The van der Waals surface area contributed by atoms with Gasteiger partial charge in [0.1, 0.15) is 0 Å². The molecule has 3 nitrogen and oxygen atoms in total. The van der Waals surface area contributed by atoms with Crippen molar-refractivity contribution in [3.8, 4) is 0 Å². The Hall–Kier alpha value is -0.540. The monoisotopic (exact) mass is 297 g/mol. The molecule has 114 valence electrons. The molecule has 0 atom stereocenters. The molecule has 20 heavy (non-hydrogen) atoms. The van der Waals surface area contributed by atoms with Crippen LogP contribution in [0.2, 0.25) is 5.02 Å². The van der Waals surface area contributed by atoms with Crippen LogP contribution in [0.5, 0.6) is 0 Å². The molecule has 1 saturated carbocycles. The lowest BCUT2D eigenvalue weighted by molar-refractivity contribution is 0.160. The third-order valence-corrected chi connectivity index (χ3v) is 5.44. The summed E-state index contributed by atoms with van der Waals surface area (Å²) in [5.41, 5.74) is 8.60. The molecule has 0 saturated heterocycles. The first-order valence-electron chi connectivity index (χ1n) is 7.99. The van der Waals surface area contributed by atoms with E-state index in [4.69, 9.17) is 17.3 Å². The predicted molar refractivity (Wildman–Crippen MR) is 85.1 cm³/mol. The van der Waals surface area contributed by atoms with Crippen molar-refractivity contribution in [2.75, 3.05) is 6.54 Å². The molecule has 1 heterocycles. The van der Waals surface area contributed by atoms with E-state index >= 15 is 0 Å². The van der Waals surface area contributed by atoms with Crippen molar-refractivity contribution >= 4 is 11.6 Å². The van der Waals surface area contributed by atoms with Gasteiger partial charge in [-0.25, -0.2) is 0 Å². The molecule has 1 aliphatic carbocycles. The van der Waals surface area contributed by atoms with Crippen molar-refractivity contribution < 1.29 is 0 Å². The molecule has 0 spiro atoms. The average molecular weight is 298 g/mol. The highest BCUT2D eigenvalue weighted by molar-refractivity contribution is 6.31. The average Bonchev–Trinajstić information content (AvgIpc) is 2.78. The fourth-order valence-electron chi connectivity index (χ4n) is 3.37. The van der Waals surface area contributed by atoms with Crippen LogP contribution >= 0.6 is 11.6 Å². The first-order valence-corrected chi connectivity index (χ1v) is 8.37. The number of nitrogens with two attached hydrogens (primary N) is 1. The second kappa shape index (κ2) is 6.48. The number of halogens is 1. The van der Waals surface area contributed by atoms with E-state index in [1.807, 2.05) is 0 Å². The van der Waals surface area contributed by atoms with Crippen LogP contribution in [0.3, 0.4) is 0 Å². The largest absolute Gasteiger partial charge is 0.330 e. The molecule has 2 N–H and O–H groups in total. The Balaban J connectivity index is 2.25. The van der Waals surface area contributed by atoms with Crippen molar-refractivity contribution in [1.29, 1.82) is 0 Å². The minimum atomic E-state index is 0.230. The van der Waals surface area contributed by atoms with Crippen molar-refractivity contribution in [3.63, 3.8) is 0 Å². The standard InChI is InChI=1S/C16H28ClN3/c1-4-13-15(17)14(20(5-2)19-13)10-16(11-18)8-6-12(3)7-9-16/h12H,4-11,18H2,1-3H3. The summed E-state index contributed by atoms with van der Waals surface area (Å²) >= 11 is 6.55. The molecule has 1 aromatic rings. The van der Waals surface area contributed by atoms with Crippen molar-refractivity contribution in [3.05, 3.63) is 16.4 Å². The molecule has 0 unspecified atom stereocenters. The minimum Gasteiger partial charge on any atom is -0.330 e. The molecular formula is C16H28ClN3. The van der Waals surface area contributed by atoms with Gasteiger partial charge in [0, 0.05) is 6.54 Å². The number of rotatable bonds is 5. The molecule has 0 bridgehead atoms. The Labute approximate surface area is 127 Å². The maximum absolute atomic E-state index is 6.55. The third-order valence-electron chi connectivity index (χ3n) is 5.00. The van der Waals surface area contributed by atoms with Crippen molar-refractivity contribution in [2.24, 2.45) is 17.1 Å².